The lowest BCUT2D eigenvalue weighted by Gasteiger charge is -2.10. The number of nitrogens with zero attached hydrogens (tertiary/aromatic N) is 5. The maximum atomic E-state index is 12.0. The fraction of sp³-hybridized carbons (Fsp3) is 0.0625. The van der Waals surface area contributed by atoms with Gasteiger partial charge in [-0.3, -0.25) is 4.40 Å². The van der Waals surface area contributed by atoms with Gasteiger partial charge in [0.1, 0.15) is 22.8 Å². The van der Waals surface area contributed by atoms with E-state index in [2.05, 4.69) is 19.9 Å². The van der Waals surface area contributed by atoms with Crippen molar-refractivity contribution < 1.29 is 13.9 Å². The number of carbonyl (C=O) groups is 1. The van der Waals surface area contributed by atoms with Gasteiger partial charge in [0, 0.05) is 11.8 Å². The van der Waals surface area contributed by atoms with Gasteiger partial charge in [0.05, 0.1) is 19.5 Å². The maximum absolute atomic E-state index is 12.0. The summed E-state index contributed by atoms with van der Waals surface area (Å²) in [6, 6.07) is 3.53. The van der Waals surface area contributed by atoms with Gasteiger partial charge in [0.15, 0.2) is 17.2 Å². The summed E-state index contributed by atoms with van der Waals surface area (Å²) in [6.07, 6.45) is 6.13. The highest BCUT2D eigenvalue weighted by Crippen LogP contribution is 2.30. The van der Waals surface area contributed by atoms with Crippen molar-refractivity contribution in [3.63, 3.8) is 0 Å². The number of fused-ring (bicyclic) bond motifs is 1. The average molecular weight is 371 g/mol. The number of esters is 1. The Morgan fingerprint density at radius 2 is 2.12 bits per heavy atom. The molecule has 0 aliphatic heterocycles. The number of rotatable bonds is 3. The number of nitrogen functional groups attached to an aromatic ring is 1. The number of ether oxygens (including phenoxy) is 1. The highest BCUT2D eigenvalue weighted by molar-refractivity contribution is 6.29. The van der Waals surface area contributed by atoms with Gasteiger partial charge in [-0.05, 0) is 12.1 Å². The van der Waals surface area contributed by atoms with Crippen LogP contribution >= 0.6 is 11.6 Å². The van der Waals surface area contributed by atoms with Gasteiger partial charge < -0.3 is 14.9 Å². The van der Waals surface area contributed by atoms with Crippen molar-refractivity contribution >= 4 is 29.0 Å². The van der Waals surface area contributed by atoms with Crippen LogP contribution in [0.3, 0.4) is 0 Å². The molecular weight excluding hydrogens is 360 g/mol. The van der Waals surface area contributed by atoms with Crippen LogP contribution in [0.4, 0.5) is 5.82 Å². The fourth-order valence-electron chi connectivity index (χ4n) is 2.48. The molecule has 0 aliphatic carbocycles. The molecule has 0 fully saturated rings. The monoisotopic (exact) mass is 370 g/mol. The molecule has 130 valence electrons. The minimum atomic E-state index is -0.697. The molecular formula is C16H11ClN6O3. The number of methoxy groups -OCH3 is 1. The van der Waals surface area contributed by atoms with Crippen molar-refractivity contribution in [2.45, 2.75) is 0 Å². The van der Waals surface area contributed by atoms with E-state index < -0.39 is 5.97 Å². The van der Waals surface area contributed by atoms with E-state index in [-0.39, 0.29) is 23.1 Å². The first-order valence-electron chi connectivity index (χ1n) is 7.37. The van der Waals surface area contributed by atoms with Crippen molar-refractivity contribution in [2.75, 3.05) is 12.8 Å². The molecule has 9 nitrogen and oxygen atoms in total. The highest BCUT2D eigenvalue weighted by Gasteiger charge is 2.22. The van der Waals surface area contributed by atoms with Crippen LogP contribution in [-0.2, 0) is 4.74 Å². The van der Waals surface area contributed by atoms with E-state index in [1.54, 1.807) is 22.7 Å². The van der Waals surface area contributed by atoms with Crippen LogP contribution in [0, 0.1) is 0 Å². The highest BCUT2D eigenvalue weighted by atomic mass is 35.5. The van der Waals surface area contributed by atoms with E-state index >= 15 is 0 Å². The molecule has 0 aliphatic rings. The summed E-state index contributed by atoms with van der Waals surface area (Å²) >= 11 is 6.14. The number of nitrogens with two attached hydrogens (primary N) is 1. The minimum Gasteiger partial charge on any atom is -0.464 e. The average Bonchev–Trinajstić information content (AvgIpc) is 3.31. The third-order valence-electron chi connectivity index (χ3n) is 3.67. The Hall–Kier alpha value is -3.46. The summed E-state index contributed by atoms with van der Waals surface area (Å²) in [5, 5.41) is 0.427. The minimum absolute atomic E-state index is 0.0875. The van der Waals surface area contributed by atoms with Crippen LogP contribution in [0.1, 0.15) is 10.5 Å². The zero-order valence-electron chi connectivity index (χ0n) is 13.4. The lowest BCUT2D eigenvalue weighted by molar-refractivity contribution is 0.0595. The first-order chi connectivity index (χ1) is 12.6. The summed E-state index contributed by atoms with van der Waals surface area (Å²) in [4.78, 5) is 28.8. The van der Waals surface area contributed by atoms with Gasteiger partial charge in [-0.2, -0.15) is 0 Å². The number of pyridine rings is 1. The van der Waals surface area contributed by atoms with Gasteiger partial charge in [0.25, 0.3) is 0 Å². The first-order valence-corrected chi connectivity index (χ1v) is 7.75. The van der Waals surface area contributed by atoms with E-state index in [1.165, 1.54) is 25.8 Å². The van der Waals surface area contributed by atoms with Gasteiger partial charge >= 0.3 is 5.97 Å². The number of imidazole rings is 1. The molecule has 26 heavy (non-hydrogen) atoms. The maximum Gasteiger partial charge on any atom is 0.360 e. The molecule has 4 aromatic rings. The Morgan fingerprint density at radius 1 is 1.27 bits per heavy atom. The van der Waals surface area contributed by atoms with Crippen molar-refractivity contribution in [1.29, 1.82) is 0 Å². The van der Waals surface area contributed by atoms with Gasteiger partial charge in [-0.25, -0.2) is 24.7 Å². The zero-order chi connectivity index (χ0) is 18.3. The fourth-order valence-corrected chi connectivity index (χ4v) is 2.66. The van der Waals surface area contributed by atoms with Gasteiger partial charge in [-0.15, -0.1) is 0 Å². The molecule has 2 N–H and O–H groups in total. The van der Waals surface area contributed by atoms with Crippen molar-refractivity contribution in [3.8, 4) is 22.8 Å². The number of hydrogen-bond acceptors (Lipinski definition) is 8. The van der Waals surface area contributed by atoms with E-state index in [0.29, 0.717) is 22.1 Å². The molecule has 0 unspecified atom stereocenters. The van der Waals surface area contributed by atoms with Crippen molar-refractivity contribution in [3.05, 3.63) is 47.8 Å². The molecule has 0 aromatic carbocycles. The summed E-state index contributed by atoms with van der Waals surface area (Å²) in [5.41, 5.74) is 7.67. The molecule has 0 saturated carbocycles. The van der Waals surface area contributed by atoms with Gasteiger partial charge in [-0.1, -0.05) is 11.6 Å². The number of carbonyl (C=O) groups excluding carboxylic acids is 1. The molecule has 4 heterocycles. The van der Waals surface area contributed by atoms with Gasteiger partial charge in [0.2, 0.25) is 5.89 Å². The second kappa shape index (κ2) is 6.12. The quantitative estimate of drug-likeness (QED) is 0.546. The van der Waals surface area contributed by atoms with Crippen LogP contribution in [-0.4, -0.2) is 37.4 Å². The predicted molar refractivity (Wildman–Crippen MR) is 92.5 cm³/mol. The van der Waals surface area contributed by atoms with Crippen LogP contribution < -0.4 is 5.73 Å². The number of aromatic nitrogens is 5. The first kappa shape index (κ1) is 16.0. The van der Waals surface area contributed by atoms with Crippen LogP contribution in [0.2, 0.25) is 5.15 Å². The third-order valence-corrected chi connectivity index (χ3v) is 3.95. The Kier molecular flexibility index (Phi) is 3.77. The summed E-state index contributed by atoms with van der Waals surface area (Å²) in [5.74, 6) is -0.570. The molecule has 10 heteroatoms. The lowest BCUT2D eigenvalue weighted by atomic mass is 10.1. The summed E-state index contributed by atoms with van der Waals surface area (Å²) in [6.45, 7) is 0. The van der Waals surface area contributed by atoms with E-state index in [9.17, 15) is 4.79 Å². The molecule has 0 amide bonds. The zero-order valence-corrected chi connectivity index (χ0v) is 14.1. The smallest absolute Gasteiger partial charge is 0.360 e. The van der Waals surface area contributed by atoms with Crippen molar-refractivity contribution in [1.82, 2.24) is 24.3 Å². The van der Waals surface area contributed by atoms with Crippen molar-refractivity contribution in [2.24, 2.45) is 0 Å². The normalized spacial score (nSPS) is 11.0. The Labute approximate surface area is 151 Å². The number of halogens is 1. The second-order valence-corrected chi connectivity index (χ2v) is 5.60. The van der Waals surface area contributed by atoms with Crippen LogP contribution in [0.5, 0.6) is 0 Å². The molecule has 4 aromatic heterocycles. The van der Waals surface area contributed by atoms with Crippen LogP contribution in [0.25, 0.3) is 28.5 Å². The lowest BCUT2D eigenvalue weighted by Crippen LogP contribution is -2.12. The summed E-state index contributed by atoms with van der Waals surface area (Å²) in [7, 11) is 1.24. The molecule has 4 rings (SSSR count). The topological polar surface area (TPSA) is 121 Å². The molecule has 0 saturated heterocycles. The molecule has 0 spiro atoms. The molecule has 0 bridgehead atoms. The third kappa shape index (κ3) is 2.54. The van der Waals surface area contributed by atoms with E-state index in [4.69, 9.17) is 26.5 Å². The number of oxazole rings is 1. The SMILES string of the molecule is COC(=O)c1nc(-c2ccc3ncc(Cl)n3c2)c(-c2ncco2)nc1N. The number of anilines is 1. The Bertz CT molecular complexity index is 1120. The number of hydrogen-bond donors (Lipinski definition) is 1. The van der Waals surface area contributed by atoms with E-state index in [1.807, 2.05) is 0 Å². The largest absolute Gasteiger partial charge is 0.464 e. The standard InChI is InChI=1S/C16H11ClN6O3/c1-25-16(24)13-14(18)22-12(15-19-4-5-26-15)11(21-13)8-2-3-10-20-6-9(17)23(10)7-8/h2-7H,1H3,(H2,18,22). The second-order valence-electron chi connectivity index (χ2n) is 5.21. The van der Waals surface area contributed by atoms with E-state index in [0.717, 1.165) is 0 Å². The molecule has 0 atom stereocenters. The molecule has 0 radical (unpaired) electrons. The van der Waals surface area contributed by atoms with Crippen LogP contribution in [0.15, 0.2) is 41.4 Å². The Balaban J connectivity index is 1.99. The predicted octanol–water partition coefficient (Wildman–Crippen LogP) is 2.47. The Morgan fingerprint density at radius 3 is 2.85 bits per heavy atom. The summed E-state index contributed by atoms with van der Waals surface area (Å²) < 4.78 is 11.7.